The van der Waals surface area contributed by atoms with E-state index >= 15 is 0 Å². The Morgan fingerprint density at radius 2 is 2.20 bits per heavy atom. The van der Waals surface area contributed by atoms with Crippen molar-refractivity contribution in [1.82, 2.24) is 24.5 Å². The van der Waals surface area contributed by atoms with E-state index in [1.54, 1.807) is 9.25 Å². The van der Waals surface area contributed by atoms with E-state index in [9.17, 15) is 9.90 Å². The first-order valence-electron chi connectivity index (χ1n) is 5.88. The molecular weight excluding hydrogens is 282 g/mol. The van der Waals surface area contributed by atoms with Crippen LogP contribution < -0.4 is 0 Å². The van der Waals surface area contributed by atoms with E-state index in [2.05, 4.69) is 15.3 Å². The van der Waals surface area contributed by atoms with E-state index in [0.717, 1.165) is 23.0 Å². The van der Waals surface area contributed by atoms with Gasteiger partial charge in [0, 0.05) is 18.8 Å². The minimum Gasteiger partial charge on any atom is -0.481 e. The summed E-state index contributed by atoms with van der Waals surface area (Å²) >= 11 is 1.07. The third kappa shape index (κ3) is 3.17. The molecule has 0 radical (unpaired) electrons. The van der Waals surface area contributed by atoms with Crippen molar-refractivity contribution in [3.05, 3.63) is 23.3 Å². The molecule has 20 heavy (non-hydrogen) atoms. The predicted molar refractivity (Wildman–Crippen MR) is 71.4 cm³/mol. The number of thioether (sulfide) groups is 1. The number of rotatable bonds is 6. The molecule has 0 aromatic carbocycles. The van der Waals surface area contributed by atoms with Gasteiger partial charge >= 0.3 is 5.97 Å². The number of aliphatic carboxylic acids is 1. The average Bonchev–Trinajstić information content (AvgIpc) is 2.91. The second-order valence-electron chi connectivity index (χ2n) is 4.24. The number of nitrogens with zero attached hydrogens (tertiary/aromatic N) is 5. The summed E-state index contributed by atoms with van der Waals surface area (Å²) in [5.74, 6) is -0.621. The highest BCUT2D eigenvalue weighted by atomic mass is 32.2. The molecule has 0 spiro atoms. The maximum Gasteiger partial charge on any atom is 0.313 e. The number of carboxylic acids is 1. The van der Waals surface area contributed by atoms with Gasteiger partial charge in [0.25, 0.3) is 0 Å². The number of aromatic nitrogens is 5. The summed E-state index contributed by atoms with van der Waals surface area (Å²) in [4.78, 5) is 10.6. The van der Waals surface area contributed by atoms with Gasteiger partial charge in [-0.25, -0.2) is 0 Å². The van der Waals surface area contributed by atoms with Crippen LogP contribution in [0.3, 0.4) is 0 Å². The molecule has 0 aliphatic rings. The second-order valence-corrected chi connectivity index (χ2v) is 5.18. The summed E-state index contributed by atoms with van der Waals surface area (Å²) in [6, 6.07) is 0. The average molecular weight is 297 g/mol. The minimum absolute atomic E-state index is 0.102. The number of carbonyl (C=O) groups is 1. The SMILES string of the molecule is Cc1nn(C)cc1Cn1c(CO)nnc1SCC(=O)O. The standard InChI is InChI=1S/C11H15N5O3S/c1-7-8(3-15(2)14-7)4-16-9(5-17)12-13-11(16)20-6-10(18)19/h3,17H,4-6H2,1-2H3,(H,18,19). The molecular formula is C11H15N5O3S. The molecule has 0 fully saturated rings. The Labute approximate surface area is 119 Å². The van der Waals surface area contributed by atoms with Gasteiger partial charge in [0.1, 0.15) is 6.61 Å². The van der Waals surface area contributed by atoms with Gasteiger partial charge in [0.2, 0.25) is 0 Å². The highest BCUT2D eigenvalue weighted by Gasteiger charge is 2.15. The third-order valence-electron chi connectivity index (χ3n) is 2.70. The Hall–Kier alpha value is -1.87. The fourth-order valence-corrected chi connectivity index (χ4v) is 2.48. The van der Waals surface area contributed by atoms with Gasteiger partial charge in [-0.2, -0.15) is 5.10 Å². The van der Waals surface area contributed by atoms with Crippen molar-refractivity contribution in [2.45, 2.75) is 25.2 Å². The number of carboxylic acid groups (broad SMARTS) is 1. The van der Waals surface area contributed by atoms with E-state index in [0.29, 0.717) is 17.5 Å². The van der Waals surface area contributed by atoms with Crippen molar-refractivity contribution in [3.63, 3.8) is 0 Å². The molecule has 2 aromatic rings. The zero-order valence-corrected chi connectivity index (χ0v) is 12.0. The van der Waals surface area contributed by atoms with Gasteiger partial charge in [-0.1, -0.05) is 11.8 Å². The van der Waals surface area contributed by atoms with Crippen LogP contribution in [0, 0.1) is 6.92 Å². The van der Waals surface area contributed by atoms with E-state index in [4.69, 9.17) is 5.11 Å². The molecule has 0 bridgehead atoms. The summed E-state index contributed by atoms with van der Waals surface area (Å²) in [6.45, 7) is 2.09. The molecule has 9 heteroatoms. The van der Waals surface area contributed by atoms with Gasteiger partial charge < -0.3 is 10.2 Å². The highest BCUT2D eigenvalue weighted by Crippen LogP contribution is 2.19. The molecule has 0 aliphatic heterocycles. The zero-order chi connectivity index (χ0) is 14.7. The number of aliphatic hydroxyl groups is 1. The Morgan fingerprint density at radius 3 is 2.75 bits per heavy atom. The Balaban J connectivity index is 2.26. The minimum atomic E-state index is -0.923. The molecule has 2 rings (SSSR count). The van der Waals surface area contributed by atoms with Crippen molar-refractivity contribution >= 4 is 17.7 Å². The Bertz CT molecular complexity index is 622. The van der Waals surface area contributed by atoms with Crippen molar-refractivity contribution in [2.24, 2.45) is 7.05 Å². The first-order chi connectivity index (χ1) is 9.51. The molecule has 2 aromatic heterocycles. The van der Waals surface area contributed by atoms with Crippen molar-refractivity contribution < 1.29 is 15.0 Å². The van der Waals surface area contributed by atoms with Crippen LogP contribution in [0.25, 0.3) is 0 Å². The number of aryl methyl sites for hydroxylation is 2. The fourth-order valence-electron chi connectivity index (χ4n) is 1.80. The summed E-state index contributed by atoms with van der Waals surface area (Å²) in [5.41, 5.74) is 1.85. The summed E-state index contributed by atoms with van der Waals surface area (Å²) < 4.78 is 3.41. The van der Waals surface area contributed by atoms with E-state index < -0.39 is 5.97 Å². The topological polar surface area (TPSA) is 106 Å². The first-order valence-corrected chi connectivity index (χ1v) is 6.86. The largest absolute Gasteiger partial charge is 0.481 e. The smallest absolute Gasteiger partial charge is 0.313 e. The summed E-state index contributed by atoms with van der Waals surface area (Å²) in [6.07, 6.45) is 1.88. The molecule has 0 unspecified atom stereocenters. The third-order valence-corrected chi connectivity index (χ3v) is 3.65. The van der Waals surface area contributed by atoms with E-state index in [1.165, 1.54) is 0 Å². The molecule has 0 saturated carbocycles. The van der Waals surface area contributed by atoms with Crippen LogP contribution in [-0.2, 0) is 25.0 Å². The Kier molecular flexibility index (Phi) is 4.40. The van der Waals surface area contributed by atoms with Crippen molar-refractivity contribution in [3.8, 4) is 0 Å². The number of hydrogen-bond acceptors (Lipinski definition) is 6. The molecule has 0 saturated heterocycles. The first kappa shape index (κ1) is 14.5. The molecule has 2 heterocycles. The van der Waals surface area contributed by atoms with E-state index in [-0.39, 0.29) is 12.4 Å². The monoisotopic (exact) mass is 297 g/mol. The highest BCUT2D eigenvalue weighted by molar-refractivity contribution is 7.99. The lowest BCUT2D eigenvalue weighted by atomic mass is 10.2. The predicted octanol–water partition coefficient (Wildman–Crippen LogP) is 0.0373. The molecule has 0 amide bonds. The van der Waals surface area contributed by atoms with Gasteiger partial charge in [-0.15, -0.1) is 10.2 Å². The lowest BCUT2D eigenvalue weighted by molar-refractivity contribution is -0.133. The van der Waals surface area contributed by atoms with Crippen LogP contribution in [0.15, 0.2) is 11.4 Å². The van der Waals surface area contributed by atoms with E-state index in [1.807, 2.05) is 20.2 Å². The summed E-state index contributed by atoms with van der Waals surface area (Å²) in [7, 11) is 1.83. The lowest BCUT2D eigenvalue weighted by Gasteiger charge is -2.07. The van der Waals surface area contributed by atoms with Crippen molar-refractivity contribution in [2.75, 3.05) is 5.75 Å². The van der Waals surface area contributed by atoms with Gasteiger partial charge in [0.05, 0.1) is 18.0 Å². The quantitative estimate of drug-likeness (QED) is 0.725. The molecule has 0 aliphatic carbocycles. The van der Waals surface area contributed by atoms with Crippen LogP contribution in [0.1, 0.15) is 17.1 Å². The molecule has 8 nitrogen and oxygen atoms in total. The second kappa shape index (κ2) is 6.06. The maximum atomic E-state index is 10.6. The fraction of sp³-hybridized carbons (Fsp3) is 0.455. The lowest BCUT2D eigenvalue weighted by Crippen LogP contribution is -2.08. The molecule has 108 valence electrons. The Morgan fingerprint density at radius 1 is 1.45 bits per heavy atom. The molecule has 0 atom stereocenters. The van der Waals surface area contributed by atoms with Crippen molar-refractivity contribution in [1.29, 1.82) is 0 Å². The van der Waals surface area contributed by atoms with Gasteiger partial charge in [0.15, 0.2) is 11.0 Å². The number of hydrogen-bond donors (Lipinski definition) is 2. The van der Waals surface area contributed by atoms with Crippen LogP contribution in [-0.4, -0.2) is 46.5 Å². The summed E-state index contributed by atoms with van der Waals surface area (Å²) in [5, 5.41) is 30.5. The zero-order valence-electron chi connectivity index (χ0n) is 11.1. The number of aliphatic hydroxyl groups excluding tert-OH is 1. The molecule has 2 N–H and O–H groups in total. The van der Waals surface area contributed by atoms with Crippen LogP contribution in [0.4, 0.5) is 0 Å². The van der Waals surface area contributed by atoms with Crippen LogP contribution in [0.2, 0.25) is 0 Å². The maximum absolute atomic E-state index is 10.6. The van der Waals surface area contributed by atoms with Crippen LogP contribution in [0.5, 0.6) is 0 Å². The van der Waals surface area contributed by atoms with Gasteiger partial charge in [-0.05, 0) is 6.92 Å². The normalized spacial score (nSPS) is 10.9. The van der Waals surface area contributed by atoms with Gasteiger partial charge in [-0.3, -0.25) is 14.0 Å². The van der Waals surface area contributed by atoms with Crippen LogP contribution >= 0.6 is 11.8 Å².